The summed E-state index contributed by atoms with van der Waals surface area (Å²) in [6.07, 6.45) is 0.903. The van der Waals surface area contributed by atoms with Crippen LogP contribution in [-0.4, -0.2) is 18.4 Å². The molecule has 1 aromatic carbocycles. The minimum atomic E-state index is 0.329. The number of benzene rings is 1. The molecule has 0 saturated heterocycles. The van der Waals surface area contributed by atoms with Gasteiger partial charge in [-0.2, -0.15) is 0 Å². The maximum Gasteiger partial charge on any atom is 0.164 e. The zero-order valence-corrected chi connectivity index (χ0v) is 10.3. The van der Waals surface area contributed by atoms with Crippen molar-refractivity contribution in [3.63, 3.8) is 0 Å². The highest BCUT2D eigenvalue weighted by atomic mass is 16.5. The number of hydrogen-bond acceptors (Lipinski definition) is 4. The van der Waals surface area contributed by atoms with Gasteiger partial charge in [-0.05, 0) is 17.5 Å². The molecule has 0 spiro atoms. The normalized spacial score (nSPS) is 14.8. The summed E-state index contributed by atoms with van der Waals surface area (Å²) >= 11 is 0. The van der Waals surface area contributed by atoms with Gasteiger partial charge in [-0.1, -0.05) is 19.9 Å². The van der Waals surface area contributed by atoms with E-state index in [1.165, 1.54) is 0 Å². The van der Waals surface area contributed by atoms with Crippen molar-refractivity contribution < 1.29 is 14.7 Å². The summed E-state index contributed by atoms with van der Waals surface area (Å²) in [5.41, 5.74) is 4.37. The lowest BCUT2D eigenvalue weighted by Gasteiger charge is -2.19. The minimum absolute atomic E-state index is 0.329. The van der Waals surface area contributed by atoms with Crippen molar-refractivity contribution in [1.82, 2.24) is 5.48 Å². The van der Waals surface area contributed by atoms with E-state index in [4.69, 9.17) is 14.7 Å². The van der Waals surface area contributed by atoms with Crippen LogP contribution in [0.2, 0.25) is 0 Å². The Balaban J connectivity index is 2.47. The molecule has 0 bridgehead atoms. The second-order valence-corrected chi connectivity index (χ2v) is 4.51. The first-order chi connectivity index (χ1) is 8.24. The number of hydroxylamine groups is 1. The fourth-order valence-corrected chi connectivity index (χ4v) is 2.17. The third kappa shape index (κ3) is 2.53. The number of nitrogens with one attached hydrogen (secondary N) is 1. The Morgan fingerprint density at radius 1 is 1.29 bits per heavy atom. The largest absolute Gasteiger partial charge is 0.490 e. The molecule has 1 aromatic rings. The number of hydrogen-bond donors (Lipinski definition) is 2. The average Bonchev–Trinajstić information content (AvgIpc) is 2.53. The molecule has 1 aliphatic rings. The van der Waals surface area contributed by atoms with Crippen LogP contribution in [0.1, 0.15) is 37.3 Å². The van der Waals surface area contributed by atoms with Gasteiger partial charge in [0.1, 0.15) is 0 Å². The second kappa shape index (κ2) is 5.38. The Bertz CT molecular complexity index is 390. The predicted molar refractivity (Wildman–Crippen MR) is 64.8 cm³/mol. The van der Waals surface area contributed by atoms with Crippen molar-refractivity contribution in [1.29, 1.82) is 0 Å². The SMILES string of the molecule is CC(C)c1c(CNO)ccc2c1OCCCO2. The summed E-state index contributed by atoms with van der Waals surface area (Å²) in [6, 6.07) is 3.89. The second-order valence-electron chi connectivity index (χ2n) is 4.51. The summed E-state index contributed by atoms with van der Waals surface area (Å²) < 4.78 is 11.5. The van der Waals surface area contributed by atoms with Crippen LogP contribution in [0.5, 0.6) is 11.5 Å². The summed E-state index contributed by atoms with van der Waals surface area (Å²) in [5.74, 6) is 1.98. The molecule has 4 nitrogen and oxygen atoms in total. The van der Waals surface area contributed by atoms with Crippen molar-refractivity contribution in [2.45, 2.75) is 32.7 Å². The van der Waals surface area contributed by atoms with Gasteiger partial charge in [-0.3, -0.25) is 0 Å². The minimum Gasteiger partial charge on any atom is -0.490 e. The number of ether oxygens (including phenoxy) is 2. The first-order valence-electron chi connectivity index (χ1n) is 6.02. The van der Waals surface area contributed by atoms with Crippen LogP contribution in [0.15, 0.2) is 12.1 Å². The maximum atomic E-state index is 8.86. The molecular formula is C13H19NO3. The Morgan fingerprint density at radius 3 is 2.76 bits per heavy atom. The van der Waals surface area contributed by atoms with Gasteiger partial charge in [0.2, 0.25) is 0 Å². The topological polar surface area (TPSA) is 50.7 Å². The van der Waals surface area contributed by atoms with Crippen LogP contribution in [-0.2, 0) is 6.54 Å². The van der Waals surface area contributed by atoms with Crippen molar-refractivity contribution >= 4 is 0 Å². The molecule has 2 rings (SSSR count). The van der Waals surface area contributed by atoms with E-state index in [0.717, 1.165) is 29.0 Å². The van der Waals surface area contributed by atoms with E-state index in [1.807, 2.05) is 12.1 Å². The average molecular weight is 237 g/mol. The van der Waals surface area contributed by atoms with Crippen LogP contribution in [0.4, 0.5) is 0 Å². The van der Waals surface area contributed by atoms with Crippen LogP contribution < -0.4 is 15.0 Å². The van der Waals surface area contributed by atoms with Gasteiger partial charge >= 0.3 is 0 Å². The van der Waals surface area contributed by atoms with Crippen LogP contribution >= 0.6 is 0 Å². The third-order valence-corrected chi connectivity index (χ3v) is 2.89. The van der Waals surface area contributed by atoms with Gasteiger partial charge < -0.3 is 14.7 Å². The Morgan fingerprint density at radius 2 is 2.06 bits per heavy atom. The van der Waals surface area contributed by atoms with Crippen molar-refractivity contribution in [2.24, 2.45) is 0 Å². The highest BCUT2D eigenvalue weighted by molar-refractivity contribution is 5.52. The molecule has 1 aliphatic heterocycles. The Hall–Kier alpha value is -1.26. The molecular weight excluding hydrogens is 218 g/mol. The molecule has 2 N–H and O–H groups in total. The summed E-state index contributed by atoms with van der Waals surface area (Å²) in [6.45, 7) is 6.03. The lowest BCUT2D eigenvalue weighted by Crippen LogP contribution is -2.11. The molecule has 0 saturated carbocycles. The predicted octanol–water partition coefficient (Wildman–Crippen LogP) is 2.45. The Labute approximate surface area is 102 Å². The van der Waals surface area contributed by atoms with Crippen LogP contribution in [0.3, 0.4) is 0 Å². The molecule has 0 aromatic heterocycles. The summed E-state index contributed by atoms with van der Waals surface area (Å²) in [5, 5.41) is 8.86. The van der Waals surface area contributed by atoms with E-state index in [-0.39, 0.29) is 0 Å². The molecule has 0 aliphatic carbocycles. The standard InChI is InChI=1S/C13H19NO3/c1-9(2)12-10(8-14-15)4-5-11-13(12)17-7-3-6-16-11/h4-5,9,14-15H,3,6-8H2,1-2H3. The molecule has 17 heavy (non-hydrogen) atoms. The van der Waals surface area contributed by atoms with Crippen LogP contribution in [0, 0.1) is 0 Å². The molecule has 1 heterocycles. The number of rotatable bonds is 3. The number of fused-ring (bicyclic) bond motifs is 1. The molecule has 94 valence electrons. The zero-order valence-electron chi connectivity index (χ0n) is 10.3. The Kier molecular flexibility index (Phi) is 3.86. The third-order valence-electron chi connectivity index (χ3n) is 2.89. The van der Waals surface area contributed by atoms with Gasteiger partial charge in [0.05, 0.1) is 13.2 Å². The highest BCUT2D eigenvalue weighted by Gasteiger charge is 2.20. The highest BCUT2D eigenvalue weighted by Crippen LogP contribution is 2.39. The summed E-state index contributed by atoms with van der Waals surface area (Å²) in [4.78, 5) is 0. The lowest BCUT2D eigenvalue weighted by atomic mass is 9.95. The summed E-state index contributed by atoms with van der Waals surface area (Å²) in [7, 11) is 0. The first kappa shape index (κ1) is 12.2. The molecule has 0 amide bonds. The van der Waals surface area contributed by atoms with E-state index in [1.54, 1.807) is 0 Å². The van der Waals surface area contributed by atoms with Gasteiger partial charge in [0.15, 0.2) is 11.5 Å². The van der Waals surface area contributed by atoms with E-state index in [0.29, 0.717) is 25.7 Å². The lowest BCUT2D eigenvalue weighted by molar-refractivity contribution is 0.160. The van der Waals surface area contributed by atoms with Gasteiger partial charge in [0, 0.05) is 18.5 Å². The van der Waals surface area contributed by atoms with Gasteiger partial charge in [-0.25, -0.2) is 5.48 Å². The van der Waals surface area contributed by atoms with Gasteiger partial charge in [0.25, 0.3) is 0 Å². The van der Waals surface area contributed by atoms with E-state index in [9.17, 15) is 0 Å². The maximum absolute atomic E-state index is 8.86. The fraction of sp³-hybridized carbons (Fsp3) is 0.538. The van der Waals surface area contributed by atoms with E-state index in [2.05, 4.69) is 19.3 Å². The van der Waals surface area contributed by atoms with Crippen LogP contribution in [0.25, 0.3) is 0 Å². The van der Waals surface area contributed by atoms with Gasteiger partial charge in [-0.15, -0.1) is 0 Å². The fourth-order valence-electron chi connectivity index (χ4n) is 2.17. The molecule has 0 atom stereocenters. The van der Waals surface area contributed by atoms with Crippen molar-refractivity contribution in [3.8, 4) is 11.5 Å². The molecule has 0 unspecified atom stereocenters. The molecule has 4 heteroatoms. The van der Waals surface area contributed by atoms with Crippen molar-refractivity contribution in [3.05, 3.63) is 23.3 Å². The first-order valence-corrected chi connectivity index (χ1v) is 6.02. The molecule has 0 radical (unpaired) electrons. The zero-order chi connectivity index (χ0) is 12.3. The van der Waals surface area contributed by atoms with E-state index < -0.39 is 0 Å². The molecule has 0 fully saturated rings. The van der Waals surface area contributed by atoms with Crippen molar-refractivity contribution in [2.75, 3.05) is 13.2 Å². The smallest absolute Gasteiger partial charge is 0.164 e. The quantitative estimate of drug-likeness (QED) is 0.793. The monoisotopic (exact) mass is 237 g/mol. The van der Waals surface area contributed by atoms with E-state index >= 15 is 0 Å².